The van der Waals surface area contributed by atoms with E-state index in [4.69, 9.17) is 4.43 Å². The molecule has 2 rings (SSSR count). The van der Waals surface area contributed by atoms with Crippen LogP contribution in [0.4, 0.5) is 0 Å². The van der Waals surface area contributed by atoms with Gasteiger partial charge in [-0.3, -0.25) is 4.79 Å². The van der Waals surface area contributed by atoms with Crippen LogP contribution in [0.1, 0.15) is 85.0 Å². The number of nitrogens with zero attached hydrogens (tertiary/aromatic N) is 1. The van der Waals surface area contributed by atoms with Crippen molar-refractivity contribution in [3.8, 4) is 0 Å². The number of carbonyl (C=O) groups excluding carboxylic acids is 1. The van der Waals surface area contributed by atoms with Crippen molar-refractivity contribution in [1.82, 2.24) is 4.90 Å². The maximum atomic E-state index is 11.9. The van der Waals surface area contributed by atoms with Crippen molar-refractivity contribution in [3.63, 3.8) is 0 Å². The normalized spacial score (nSPS) is 25.7. The molecule has 2 aliphatic carbocycles. The Kier molecular flexibility index (Phi) is 8.57. The summed E-state index contributed by atoms with van der Waals surface area (Å²) >= 11 is 0. The molecule has 0 aromatic carbocycles. The Balaban J connectivity index is 1.44. The van der Waals surface area contributed by atoms with Crippen LogP contribution in [0.25, 0.3) is 0 Å². The molecule has 2 bridgehead atoms. The average Bonchev–Trinajstić information content (AvgIpc) is 3.12. The number of ketones is 1. The minimum absolute atomic E-state index is 0.325. The van der Waals surface area contributed by atoms with Crippen LogP contribution < -0.4 is 0 Å². The first-order chi connectivity index (χ1) is 12.6. The fourth-order valence-corrected chi connectivity index (χ4v) is 5.84. The van der Waals surface area contributed by atoms with Crippen LogP contribution in [0.2, 0.25) is 18.1 Å². The minimum atomic E-state index is -1.55. The third-order valence-electron chi connectivity index (χ3n) is 7.55. The second kappa shape index (κ2) is 10.0. The third kappa shape index (κ3) is 6.40. The number of unbranched alkanes of at least 4 members (excludes halogenated alkanes) is 6. The van der Waals surface area contributed by atoms with E-state index in [1.165, 1.54) is 57.9 Å². The van der Waals surface area contributed by atoms with Crippen molar-refractivity contribution < 1.29 is 9.22 Å². The standard InChI is InChI=1S/C23H45NO2Si/c1-23(2,3)27(5,6)26-17-13-11-9-7-8-10-12-16-24(4)22-19-14-15-20(22)21(25)18-19/h19-20,22H,7-18H2,1-6H3/t19-,20+,22-/m0/s1. The molecule has 0 saturated heterocycles. The number of hydrogen-bond donors (Lipinski definition) is 0. The summed E-state index contributed by atoms with van der Waals surface area (Å²) in [5.74, 6) is 1.58. The van der Waals surface area contributed by atoms with Crippen LogP contribution in [-0.2, 0) is 9.22 Å². The van der Waals surface area contributed by atoms with Gasteiger partial charge in [0.2, 0.25) is 0 Å². The van der Waals surface area contributed by atoms with Gasteiger partial charge in [-0.2, -0.15) is 0 Å². The summed E-state index contributed by atoms with van der Waals surface area (Å²) in [6.07, 6.45) is 12.5. The van der Waals surface area contributed by atoms with Crippen molar-refractivity contribution in [2.45, 2.75) is 109 Å². The van der Waals surface area contributed by atoms with Crippen molar-refractivity contribution in [3.05, 3.63) is 0 Å². The molecule has 0 aromatic rings. The summed E-state index contributed by atoms with van der Waals surface area (Å²) < 4.78 is 6.25. The number of rotatable bonds is 12. The van der Waals surface area contributed by atoms with E-state index in [-0.39, 0.29) is 0 Å². The first-order valence-corrected chi connectivity index (χ1v) is 14.4. The molecule has 0 aromatic heterocycles. The quantitative estimate of drug-likeness (QED) is 0.298. The summed E-state index contributed by atoms with van der Waals surface area (Å²) in [5.41, 5.74) is 0. The van der Waals surface area contributed by atoms with E-state index >= 15 is 0 Å². The molecule has 2 saturated carbocycles. The SMILES string of the molecule is CN(CCCCCCCCCO[Si](C)(C)C(C)(C)C)[C@H]1[C@H]2CC[C@@H]1C(=O)C2. The molecule has 0 heterocycles. The average molecular weight is 396 g/mol. The highest BCUT2D eigenvalue weighted by Crippen LogP contribution is 2.44. The first-order valence-electron chi connectivity index (χ1n) is 11.5. The van der Waals surface area contributed by atoms with Gasteiger partial charge in [-0.05, 0) is 63.3 Å². The summed E-state index contributed by atoms with van der Waals surface area (Å²) in [5, 5.41) is 0.325. The molecule has 4 heteroatoms. The molecular formula is C23H45NO2Si. The minimum Gasteiger partial charge on any atom is -0.417 e. The second-order valence-corrected chi connectivity index (χ2v) is 15.5. The molecule has 27 heavy (non-hydrogen) atoms. The van der Waals surface area contributed by atoms with Gasteiger partial charge in [-0.1, -0.05) is 52.9 Å². The molecule has 2 fully saturated rings. The predicted octanol–water partition coefficient (Wildman–Crippen LogP) is 6.04. The molecule has 0 N–H and O–H groups in total. The molecule has 0 spiro atoms. The number of hydrogen-bond acceptors (Lipinski definition) is 3. The Hall–Kier alpha value is -0.193. The number of carbonyl (C=O) groups is 1. The highest BCUT2D eigenvalue weighted by molar-refractivity contribution is 6.74. The molecule has 0 radical (unpaired) electrons. The first kappa shape index (κ1) is 23.1. The molecule has 158 valence electrons. The van der Waals surface area contributed by atoms with Gasteiger partial charge in [0, 0.05) is 25.0 Å². The van der Waals surface area contributed by atoms with Gasteiger partial charge in [0.05, 0.1) is 0 Å². The van der Waals surface area contributed by atoms with Crippen molar-refractivity contribution in [2.75, 3.05) is 20.2 Å². The third-order valence-corrected chi connectivity index (χ3v) is 12.1. The van der Waals surface area contributed by atoms with Crippen molar-refractivity contribution >= 4 is 14.1 Å². The lowest BCUT2D eigenvalue weighted by atomic mass is 10.00. The molecule has 3 nitrogen and oxygen atoms in total. The van der Waals surface area contributed by atoms with Crippen LogP contribution in [-0.4, -0.2) is 45.2 Å². The lowest BCUT2D eigenvalue weighted by Gasteiger charge is -2.36. The Morgan fingerprint density at radius 2 is 1.59 bits per heavy atom. The summed E-state index contributed by atoms with van der Waals surface area (Å²) in [7, 11) is 0.698. The van der Waals surface area contributed by atoms with Gasteiger partial charge < -0.3 is 9.33 Å². The van der Waals surface area contributed by atoms with Crippen LogP contribution in [0.3, 0.4) is 0 Å². The van der Waals surface area contributed by atoms with Gasteiger partial charge in [0.25, 0.3) is 0 Å². The molecule has 0 aliphatic heterocycles. The smallest absolute Gasteiger partial charge is 0.191 e. The van der Waals surface area contributed by atoms with Gasteiger partial charge in [0.1, 0.15) is 5.78 Å². The zero-order chi connectivity index (χ0) is 20.1. The zero-order valence-corrected chi connectivity index (χ0v) is 20.0. The van der Waals surface area contributed by atoms with Crippen molar-refractivity contribution in [1.29, 1.82) is 0 Å². The number of fused-ring (bicyclic) bond motifs is 2. The Morgan fingerprint density at radius 1 is 1.00 bits per heavy atom. The van der Waals surface area contributed by atoms with E-state index in [1.54, 1.807) is 0 Å². The van der Waals surface area contributed by atoms with Gasteiger partial charge >= 0.3 is 0 Å². The highest BCUT2D eigenvalue weighted by Gasteiger charge is 2.48. The fraction of sp³-hybridized carbons (Fsp3) is 0.957. The molecular weight excluding hydrogens is 350 g/mol. The maximum Gasteiger partial charge on any atom is 0.191 e. The van der Waals surface area contributed by atoms with Gasteiger partial charge in [-0.15, -0.1) is 0 Å². The van der Waals surface area contributed by atoms with E-state index in [2.05, 4.69) is 45.8 Å². The maximum absolute atomic E-state index is 11.9. The Bertz CT molecular complexity index is 471. The van der Waals surface area contributed by atoms with E-state index < -0.39 is 8.32 Å². The lowest BCUT2D eigenvalue weighted by Crippen LogP contribution is -2.40. The number of Topliss-reactive ketones (excluding diaryl/α,β-unsaturated/α-hetero) is 1. The Morgan fingerprint density at radius 3 is 2.11 bits per heavy atom. The zero-order valence-electron chi connectivity index (χ0n) is 19.0. The molecule has 0 unspecified atom stereocenters. The van der Waals surface area contributed by atoms with Crippen LogP contribution in [0.5, 0.6) is 0 Å². The summed E-state index contributed by atoms with van der Waals surface area (Å²) in [6.45, 7) is 13.7. The summed E-state index contributed by atoms with van der Waals surface area (Å²) in [6, 6.07) is 0.568. The van der Waals surface area contributed by atoms with Crippen LogP contribution >= 0.6 is 0 Å². The second-order valence-electron chi connectivity index (χ2n) is 10.7. The van der Waals surface area contributed by atoms with Gasteiger partial charge in [0.15, 0.2) is 8.32 Å². The van der Waals surface area contributed by atoms with Crippen LogP contribution in [0.15, 0.2) is 0 Å². The largest absolute Gasteiger partial charge is 0.417 e. The van der Waals surface area contributed by atoms with Crippen molar-refractivity contribution in [2.24, 2.45) is 11.8 Å². The fourth-order valence-electron chi connectivity index (χ4n) is 4.75. The van der Waals surface area contributed by atoms with E-state index in [9.17, 15) is 4.79 Å². The summed E-state index contributed by atoms with van der Waals surface area (Å²) in [4.78, 5) is 14.4. The van der Waals surface area contributed by atoms with Crippen LogP contribution in [0, 0.1) is 11.8 Å². The topological polar surface area (TPSA) is 29.5 Å². The molecule has 3 atom stereocenters. The lowest BCUT2D eigenvalue weighted by molar-refractivity contribution is -0.122. The van der Waals surface area contributed by atoms with E-state index in [0.717, 1.165) is 19.4 Å². The molecule has 0 amide bonds. The van der Waals surface area contributed by atoms with E-state index in [1.807, 2.05) is 0 Å². The highest BCUT2D eigenvalue weighted by atomic mass is 28.4. The predicted molar refractivity (Wildman–Crippen MR) is 118 cm³/mol. The van der Waals surface area contributed by atoms with E-state index in [0.29, 0.717) is 28.7 Å². The Labute approximate surface area is 169 Å². The molecule has 2 aliphatic rings. The van der Waals surface area contributed by atoms with Gasteiger partial charge in [-0.25, -0.2) is 0 Å². The monoisotopic (exact) mass is 395 g/mol.